The Hall–Kier alpha value is -0.910. The van der Waals surface area contributed by atoms with Crippen LogP contribution in [-0.2, 0) is 0 Å². The number of benzene rings is 1. The van der Waals surface area contributed by atoms with Gasteiger partial charge in [-0.1, -0.05) is 0 Å². The Labute approximate surface area is 108 Å². The molecule has 0 aliphatic rings. The molecule has 0 saturated carbocycles. The molecule has 0 N–H and O–H groups in total. The molecule has 2 rings (SSSR count). The molecule has 84 valence electrons. The fourth-order valence-electron chi connectivity index (χ4n) is 1.89. The van der Waals surface area contributed by atoms with Crippen molar-refractivity contribution in [2.24, 2.45) is 0 Å². The second-order valence-corrected chi connectivity index (χ2v) is 5.34. The van der Waals surface area contributed by atoms with Crippen LogP contribution in [0.5, 0.6) is 0 Å². The molecule has 3 nitrogen and oxygen atoms in total. The van der Waals surface area contributed by atoms with E-state index in [9.17, 15) is 4.79 Å². The summed E-state index contributed by atoms with van der Waals surface area (Å²) in [5.74, 6) is 0.772. The Bertz CT molecular complexity index is 602. The molecule has 0 atom stereocenters. The maximum absolute atomic E-state index is 12.3. The topological polar surface area (TPSA) is 34.9 Å². The van der Waals surface area contributed by atoms with E-state index in [0.717, 1.165) is 14.9 Å². The summed E-state index contributed by atoms with van der Waals surface area (Å²) < 4.78 is 2.79. The van der Waals surface area contributed by atoms with Crippen LogP contribution in [0.1, 0.15) is 25.7 Å². The third kappa shape index (κ3) is 1.86. The zero-order valence-corrected chi connectivity index (χ0v) is 11.6. The Morgan fingerprint density at radius 2 is 2.06 bits per heavy atom. The molecule has 0 fully saturated rings. The summed E-state index contributed by atoms with van der Waals surface area (Å²) in [4.78, 5) is 16.7. The van der Waals surface area contributed by atoms with Crippen molar-refractivity contribution in [2.75, 3.05) is 0 Å². The largest absolute Gasteiger partial charge is 0.294 e. The first-order chi connectivity index (χ1) is 7.50. The lowest BCUT2D eigenvalue weighted by atomic mass is 10.2. The number of fused-ring (bicyclic) bond motifs is 1. The lowest BCUT2D eigenvalue weighted by Crippen LogP contribution is -2.25. The third-order valence-corrected chi connectivity index (χ3v) is 3.23. The van der Waals surface area contributed by atoms with Crippen LogP contribution in [0.15, 0.2) is 23.0 Å². The summed E-state index contributed by atoms with van der Waals surface area (Å²) >= 11 is 2.21. The lowest BCUT2D eigenvalue weighted by molar-refractivity contribution is 0.555. The normalized spacial score (nSPS) is 11.3. The maximum atomic E-state index is 12.3. The molecule has 2 aromatic rings. The van der Waals surface area contributed by atoms with Gasteiger partial charge in [-0.2, -0.15) is 0 Å². The van der Waals surface area contributed by atoms with Crippen molar-refractivity contribution >= 4 is 33.5 Å². The SMILES string of the molecule is Cc1nc2ccc(I)cc2c(=O)n1C(C)C. The lowest BCUT2D eigenvalue weighted by Gasteiger charge is -2.13. The van der Waals surface area contributed by atoms with Gasteiger partial charge < -0.3 is 0 Å². The molecule has 1 heterocycles. The quantitative estimate of drug-likeness (QED) is 0.755. The van der Waals surface area contributed by atoms with Gasteiger partial charge in [-0.15, -0.1) is 0 Å². The van der Waals surface area contributed by atoms with E-state index in [0.29, 0.717) is 5.39 Å². The molecule has 0 amide bonds. The standard InChI is InChI=1S/C12H13IN2O/c1-7(2)15-8(3)14-11-5-4-9(13)6-10(11)12(15)16/h4-7H,1-3H3. The van der Waals surface area contributed by atoms with Gasteiger partial charge in [0.15, 0.2) is 0 Å². The molecule has 0 unspecified atom stereocenters. The minimum atomic E-state index is 0.0519. The van der Waals surface area contributed by atoms with Gasteiger partial charge >= 0.3 is 0 Å². The van der Waals surface area contributed by atoms with Crippen LogP contribution < -0.4 is 5.56 Å². The molecule has 0 aliphatic heterocycles. The van der Waals surface area contributed by atoms with Crippen molar-refractivity contribution < 1.29 is 0 Å². The van der Waals surface area contributed by atoms with Crippen LogP contribution in [0.2, 0.25) is 0 Å². The van der Waals surface area contributed by atoms with Crippen molar-refractivity contribution in [2.45, 2.75) is 26.8 Å². The first kappa shape index (κ1) is 11.6. The predicted molar refractivity (Wildman–Crippen MR) is 73.8 cm³/mol. The monoisotopic (exact) mass is 328 g/mol. The molecule has 0 aliphatic carbocycles. The zero-order chi connectivity index (χ0) is 11.9. The highest BCUT2D eigenvalue weighted by atomic mass is 127. The van der Waals surface area contributed by atoms with Gasteiger partial charge in [0.1, 0.15) is 5.82 Å². The highest BCUT2D eigenvalue weighted by molar-refractivity contribution is 14.1. The minimum Gasteiger partial charge on any atom is -0.294 e. The number of halogens is 1. The van der Waals surface area contributed by atoms with Gasteiger partial charge in [0.25, 0.3) is 5.56 Å². The van der Waals surface area contributed by atoms with Crippen LogP contribution in [0, 0.1) is 10.5 Å². The van der Waals surface area contributed by atoms with E-state index in [2.05, 4.69) is 27.6 Å². The van der Waals surface area contributed by atoms with E-state index in [-0.39, 0.29) is 11.6 Å². The fourth-order valence-corrected chi connectivity index (χ4v) is 2.38. The summed E-state index contributed by atoms with van der Waals surface area (Å²) in [5.41, 5.74) is 0.829. The zero-order valence-electron chi connectivity index (χ0n) is 9.49. The molecule has 0 radical (unpaired) electrons. The van der Waals surface area contributed by atoms with Crippen molar-refractivity contribution in [3.63, 3.8) is 0 Å². The van der Waals surface area contributed by atoms with Gasteiger partial charge in [-0.25, -0.2) is 4.98 Å². The van der Waals surface area contributed by atoms with E-state index in [4.69, 9.17) is 0 Å². The molecular formula is C12H13IN2O. The van der Waals surface area contributed by atoms with E-state index < -0.39 is 0 Å². The van der Waals surface area contributed by atoms with Crippen molar-refractivity contribution in [1.82, 2.24) is 9.55 Å². The molecule has 0 saturated heterocycles. The van der Waals surface area contributed by atoms with E-state index >= 15 is 0 Å². The first-order valence-corrected chi connectivity index (χ1v) is 6.27. The number of nitrogens with zero attached hydrogens (tertiary/aromatic N) is 2. The van der Waals surface area contributed by atoms with Gasteiger partial charge in [0.2, 0.25) is 0 Å². The number of rotatable bonds is 1. The minimum absolute atomic E-state index is 0.0519. The summed E-state index contributed by atoms with van der Waals surface area (Å²) in [6, 6.07) is 5.90. The van der Waals surface area contributed by atoms with Gasteiger partial charge in [0.05, 0.1) is 10.9 Å². The van der Waals surface area contributed by atoms with Crippen LogP contribution in [0.3, 0.4) is 0 Å². The molecule has 1 aromatic carbocycles. The smallest absolute Gasteiger partial charge is 0.261 e. The Morgan fingerprint density at radius 1 is 1.38 bits per heavy atom. The average molecular weight is 328 g/mol. The van der Waals surface area contributed by atoms with Crippen molar-refractivity contribution in [1.29, 1.82) is 0 Å². The summed E-state index contributed by atoms with van der Waals surface area (Å²) in [7, 11) is 0. The fraction of sp³-hybridized carbons (Fsp3) is 0.333. The van der Waals surface area contributed by atoms with Crippen LogP contribution in [-0.4, -0.2) is 9.55 Å². The summed E-state index contributed by atoms with van der Waals surface area (Å²) in [5, 5.41) is 0.700. The Kier molecular flexibility index (Phi) is 3.01. The number of hydrogen-bond acceptors (Lipinski definition) is 2. The number of aromatic nitrogens is 2. The third-order valence-electron chi connectivity index (χ3n) is 2.56. The highest BCUT2D eigenvalue weighted by Crippen LogP contribution is 2.14. The second kappa shape index (κ2) is 4.16. The van der Waals surface area contributed by atoms with Gasteiger partial charge in [0, 0.05) is 9.61 Å². The van der Waals surface area contributed by atoms with Crippen molar-refractivity contribution in [3.8, 4) is 0 Å². The van der Waals surface area contributed by atoms with Crippen LogP contribution in [0.4, 0.5) is 0 Å². The summed E-state index contributed by atoms with van der Waals surface area (Å²) in [6.45, 7) is 5.87. The Morgan fingerprint density at radius 3 is 2.69 bits per heavy atom. The summed E-state index contributed by atoms with van der Waals surface area (Å²) in [6.07, 6.45) is 0. The molecule has 16 heavy (non-hydrogen) atoms. The van der Waals surface area contributed by atoms with Crippen LogP contribution in [0.25, 0.3) is 10.9 Å². The van der Waals surface area contributed by atoms with E-state index in [1.807, 2.05) is 39.0 Å². The average Bonchev–Trinajstić information content (AvgIpc) is 2.19. The first-order valence-electron chi connectivity index (χ1n) is 5.19. The second-order valence-electron chi connectivity index (χ2n) is 4.09. The number of aryl methyl sites for hydroxylation is 1. The molecule has 0 bridgehead atoms. The van der Waals surface area contributed by atoms with E-state index in [1.54, 1.807) is 4.57 Å². The molecule has 4 heteroatoms. The van der Waals surface area contributed by atoms with Gasteiger partial charge in [-0.3, -0.25) is 9.36 Å². The van der Waals surface area contributed by atoms with Gasteiger partial charge in [-0.05, 0) is 61.6 Å². The van der Waals surface area contributed by atoms with Crippen LogP contribution >= 0.6 is 22.6 Å². The van der Waals surface area contributed by atoms with E-state index in [1.165, 1.54) is 0 Å². The van der Waals surface area contributed by atoms with Crippen molar-refractivity contribution in [3.05, 3.63) is 37.9 Å². The maximum Gasteiger partial charge on any atom is 0.261 e. The molecule has 1 aromatic heterocycles. The Balaban J connectivity index is 2.91. The molecular weight excluding hydrogens is 315 g/mol. The highest BCUT2D eigenvalue weighted by Gasteiger charge is 2.10. The number of hydrogen-bond donors (Lipinski definition) is 0. The predicted octanol–water partition coefficient (Wildman–Crippen LogP) is 2.89. The molecule has 0 spiro atoms.